The Labute approximate surface area is 139 Å². The van der Waals surface area contributed by atoms with E-state index in [1.165, 1.54) is 18.6 Å². The van der Waals surface area contributed by atoms with E-state index < -0.39 is 0 Å². The van der Waals surface area contributed by atoms with Gasteiger partial charge in [-0.25, -0.2) is 0 Å². The van der Waals surface area contributed by atoms with Crippen molar-refractivity contribution in [2.75, 3.05) is 30.3 Å². The van der Waals surface area contributed by atoms with Gasteiger partial charge in [-0.05, 0) is 25.7 Å². The van der Waals surface area contributed by atoms with E-state index in [1.807, 2.05) is 28.4 Å². The molecule has 4 rings (SSSR count). The molecule has 0 radical (unpaired) electrons. The lowest BCUT2D eigenvalue weighted by molar-refractivity contribution is -0.131. The van der Waals surface area contributed by atoms with Crippen molar-refractivity contribution in [3.05, 3.63) is 11.7 Å². The van der Waals surface area contributed by atoms with Gasteiger partial charge >= 0.3 is 0 Å². The van der Waals surface area contributed by atoms with Crippen molar-refractivity contribution >= 4 is 29.4 Å². The third kappa shape index (κ3) is 3.15. The molecular formula is C15H21N3O2S2. The monoisotopic (exact) mass is 339 g/mol. The van der Waals surface area contributed by atoms with Crippen molar-refractivity contribution < 1.29 is 9.32 Å². The quantitative estimate of drug-likeness (QED) is 0.843. The zero-order valence-corrected chi connectivity index (χ0v) is 14.2. The van der Waals surface area contributed by atoms with Crippen LogP contribution in [0.25, 0.3) is 0 Å². The first-order chi connectivity index (χ1) is 10.8. The van der Waals surface area contributed by atoms with Gasteiger partial charge in [0.05, 0.1) is 5.25 Å². The maximum atomic E-state index is 12.7. The highest BCUT2D eigenvalue weighted by Crippen LogP contribution is 2.39. The van der Waals surface area contributed by atoms with Gasteiger partial charge in [-0.2, -0.15) is 16.7 Å². The van der Waals surface area contributed by atoms with Crippen molar-refractivity contribution in [2.24, 2.45) is 0 Å². The number of amides is 1. The zero-order chi connectivity index (χ0) is 14.9. The van der Waals surface area contributed by atoms with Crippen LogP contribution in [0, 0.1) is 0 Å². The van der Waals surface area contributed by atoms with Crippen LogP contribution >= 0.6 is 23.5 Å². The summed E-state index contributed by atoms with van der Waals surface area (Å²) in [5.41, 5.74) is 0. The molecule has 120 valence electrons. The fraction of sp³-hybridized carbons (Fsp3) is 0.800. The van der Waals surface area contributed by atoms with Crippen LogP contribution in [0.15, 0.2) is 4.52 Å². The van der Waals surface area contributed by atoms with Crippen LogP contribution < -0.4 is 0 Å². The van der Waals surface area contributed by atoms with Crippen LogP contribution in [-0.4, -0.2) is 56.5 Å². The second-order valence-electron chi connectivity index (χ2n) is 6.32. The van der Waals surface area contributed by atoms with E-state index in [0.717, 1.165) is 49.2 Å². The summed E-state index contributed by atoms with van der Waals surface area (Å²) in [6.07, 6.45) is 4.44. The summed E-state index contributed by atoms with van der Waals surface area (Å²) < 4.78 is 5.38. The standard InChI is InChI=1S/C15H21N3O2S2/c19-15(12-9-21-6-7-22-12)18-5-1-2-11(8-18)13-16-14(20-17-13)10-3-4-10/h10-12H,1-9H2/t11-,12+/m0/s1. The number of rotatable bonds is 3. The number of carbonyl (C=O) groups is 1. The van der Waals surface area contributed by atoms with Gasteiger partial charge < -0.3 is 9.42 Å². The molecule has 5 nitrogen and oxygen atoms in total. The van der Waals surface area contributed by atoms with Crippen LogP contribution in [0.2, 0.25) is 0 Å². The number of carbonyl (C=O) groups excluding carboxylic acids is 1. The van der Waals surface area contributed by atoms with Gasteiger partial charge in [-0.3, -0.25) is 4.79 Å². The minimum atomic E-state index is 0.143. The van der Waals surface area contributed by atoms with Gasteiger partial charge in [-0.1, -0.05) is 5.16 Å². The van der Waals surface area contributed by atoms with Gasteiger partial charge in [0.15, 0.2) is 5.82 Å². The third-order valence-corrected chi connectivity index (χ3v) is 7.32. The van der Waals surface area contributed by atoms with Gasteiger partial charge in [0.1, 0.15) is 0 Å². The van der Waals surface area contributed by atoms with Crippen LogP contribution in [0.1, 0.15) is 49.2 Å². The number of piperidine rings is 1. The SMILES string of the molecule is O=C([C@H]1CSCCS1)N1CCC[C@H](c2noc(C3CC3)n2)C1. The molecule has 0 bridgehead atoms. The fourth-order valence-corrected chi connectivity index (χ4v) is 5.76. The Morgan fingerprint density at radius 3 is 2.91 bits per heavy atom. The summed E-state index contributed by atoms with van der Waals surface area (Å²) >= 11 is 3.71. The fourth-order valence-electron chi connectivity index (χ4n) is 3.13. The van der Waals surface area contributed by atoms with Gasteiger partial charge in [0.2, 0.25) is 11.8 Å². The summed E-state index contributed by atoms with van der Waals surface area (Å²) in [6, 6.07) is 0. The third-order valence-electron chi connectivity index (χ3n) is 4.57. The molecule has 0 aromatic carbocycles. The first kappa shape index (κ1) is 14.9. The van der Waals surface area contributed by atoms with E-state index >= 15 is 0 Å². The highest BCUT2D eigenvalue weighted by molar-refractivity contribution is 8.07. The van der Waals surface area contributed by atoms with Crippen molar-refractivity contribution in [3.63, 3.8) is 0 Å². The topological polar surface area (TPSA) is 59.2 Å². The Balaban J connectivity index is 1.40. The van der Waals surface area contributed by atoms with E-state index in [0.29, 0.717) is 11.8 Å². The van der Waals surface area contributed by atoms with Crippen molar-refractivity contribution in [3.8, 4) is 0 Å². The maximum Gasteiger partial charge on any atom is 0.236 e. The molecule has 1 aliphatic carbocycles. The second-order valence-corrected chi connectivity index (χ2v) is 8.78. The molecule has 1 saturated carbocycles. The number of hydrogen-bond donors (Lipinski definition) is 0. The van der Waals surface area contributed by atoms with Crippen molar-refractivity contribution in [1.29, 1.82) is 0 Å². The highest BCUT2D eigenvalue weighted by atomic mass is 32.2. The summed E-state index contributed by atoms with van der Waals surface area (Å²) in [5, 5.41) is 4.32. The second kappa shape index (κ2) is 6.43. The minimum Gasteiger partial charge on any atom is -0.341 e. The number of hydrogen-bond acceptors (Lipinski definition) is 6. The molecule has 0 N–H and O–H groups in total. The molecule has 3 aliphatic rings. The lowest BCUT2D eigenvalue weighted by Crippen LogP contribution is -2.45. The normalized spacial score (nSPS) is 29.5. The molecule has 2 saturated heterocycles. The molecule has 22 heavy (non-hydrogen) atoms. The molecule has 1 aromatic heterocycles. The van der Waals surface area contributed by atoms with E-state index in [2.05, 4.69) is 10.1 Å². The van der Waals surface area contributed by atoms with Crippen LogP contribution in [0.4, 0.5) is 0 Å². The Bertz CT molecular complexity index is 541. The van der Waals surface area contributed by atoms with Crippen LogP contribution in [0.3, 0.4) is 0 Å². The molecule has 3 fully saturated rings. The van der Waals surface area contributed by atoms with E-state index in [1.54, 1.807) is 0 Å². The van der Waals surface area contributed by atoms with Crippen LogP contribution in [-0.2, 0) is 4.79 Å². The van der Waals surface area contributed by atoms with Gasteiger partial charge in [-0.15, -0.1) is 11.8 Å². The average Bonchev–Trinajstić information content (AvgIpc) is 3.32. The number of thioether (sulfide) groups is 2. The predicted octanol–water partition coefficient (Wildman–Crippen LogP) is 2.50. The predicted molar refractivity (Wildman–Crippen MR) is 88.4 cm³/mol. The Hall–Kier alpha value is -0.690. The lowest BCUT2D eigenvalue weighted by atomic mass is 9.97. The lowest BCUT2D eigenvalue weighted by Gasteiger charge is -2.34. The van der Waals surface area contributed by atoms with Crippen molar-refractivity contribution in [2.45, 2.75) is 42.8 Å². The molecule has 1 aromatic rings. The van der Waals surface area contributed by atoms with Gasteiger partial charge in [0.25, 0.3) is 0 Å². The molecular weight excluding hydrogens is 318 g/mol. The minimum absolute atomic E-state index is 0.143. The molecule has 2 atom stereocenters. The molecule has 7 heteroatoms. The van der Waals surface area contributed by atoms with E-state index in [-0.39, 0.29) is 11.2 Å². The summed E-state index contributed by atoms with van der Waals surface area (Å²) in [4.78, 5) is 19.3. The Kier molecular flexibility index (Phi) is 4.35. The largest absolute Gasteiger partial charge is 0.341 e. The zero-order valence-electron chi connectivity index (χ0n) is 12.6. The van der Waals surface area contributed by atoms with E-state index in [9.17, 15) is 4.79 Å². The molecule has 0 unspecified atom stereocenters. The Morgan fingerprint density at radius 2 is 2.14 bits per heavy atom. The smallest absolute Gasteiger partial charge is 0.236 e. The number of likely N-dealkylation sites (tertiary alicyclic amines) is 1. The number of nitrogens with zero attached hydrogens (tertiary/aromatic N) is 3. The summed E-state index contributed by atoms with van der Waals surface area (Å²) in [7, 11) is 0. The maximum absolute atomic E-state index is 12.7. The first-order valence-corrected chi connectivity index (χ1v) is 10.3. The molecule has 3 heterocycles. The molecule has 2 aliphatic heterocycles. The van der Waals surface area contributed by atoms with Crippen LogP contribution in [0.5, 0.6) is 0 Å². The van der Waals surface area contributed by atoms with Crippen molar-refractivity contribution in [1.82, 2.24) is 15.0 Å². The first-order valence-electron chi connectivity index (χ1n) is 8.13. The summed E-state index contributed by atoms with van der Waals surface area (Å²) in [5.74, 6) is 5.89. The highest BCUT2D eigenvalue weighted by Gasteiger charge is 2.34. The van der Waals surface area contributed by atoms with Gasteiger partial charge in [0, 0.05) is 42.2 Å². The molecule has 1 amide bonds. The Morgan fingerprint density at radius 1 is 1.23 bits per heavy atom. The summed E-state index contributed by atoms with van der Waals surface area (Å²) in [6.45, 7) is 1.63. The average molecular weight is 339 g/mol. The van der Waals surface area contributed by atoms with E-state index in [4.69, 9.17) is 4.52 Å². The molecule has 0 spiro atoms. The number of aromatic nitrogens is 2.